The van der Waals surface area contributed by atoms with Crippen LogP contribution in [0.2, 0.25) is 0 Å². The second-order valence-corrected chi connectivity index (χ2v) is 3.78. The van der Waals surface area contributed by atoms with Crippen LogP contribution < -0.4 is 5.73 Å². The van der Waals surface area contributed by atoms with Crippen LogP contribution in [0.5, 0.6) is 0 Å². The maximum Gasteiger partial charge on any atom is 0.184 e. The summed E-state index contributed by atoms with van der Waals surface area (Å²) in [7, 11) is 0. The number of nitrogens with zero attached hydrogens (tertiary/aromatic N) is 4. The molecule has 0 amide bonds. The van der Waals surface area contributed by atoms with E-state index < -0.39 is 0 Å². The molecule has 0 radical (unpaired) electrons. The van der Waals surface area contributed by atoms with Gasteiger partial charge in [-0.25, -0.2) is 19.3 Å². The monoisotopic (exact) mass is 256 g/mol. The van der Waals surface area contributed by atoms with Gasteiger partial charge in [-0.1, -0.05) is 12.1 Å². The molecule has 7 heteroatoms. The van der Waals surface area contributed by atoms with Crippen molar-refractivity contribution in [2.24, 2.45) is 0 Å². The highest BCUT2D eigenvalue weighted by Gasteiger charge is 2.13. The van der Waals surface area contributed by atoms with E-state index in [1.807, 2.05) is 0 Å². The summed E-state index contributed by atoms with van der Waals surface area (Å²) < 4.78 is 13.6. The molecule has 3 rings (SSSR count). The fraction of sp³-hybridized carbons (Fsp3) is 0. The van der Waals surface area contributed by atoms with Crippen molar-refractivity contribution in [2.75, 3.05) is 5.73 Å². The van der Waals surface area contributed by atoms with E-state index in [1.165, 1.54) is 18.5 Å². The minimum Gasteiger partial charge on any atom is -0.382 e. The lowest BCUT2D eigenvalue weighted by Gasteiger charge is -1.98. The molecule has 0 saturated heterocycles. The number of benzene rings is 1. The minimum absolute atomic E-state index is 0.235. The molecule has 0 fully saturated rings. The van der Waals surface area contributed by atoms with Crippen LogP contribution in [0.25, 0.3) is 22.9 Å². The van der Waals surface area contributed by atoms with Gasteiger partial charge in [0.05, 0.1) is 5.56 Å². The lowest BCUT2D eigenvalue weighted by molar-refractivity contribution is 0.630. The van der Waals surface area contributed by atoms with Crippen LogP contribution in [-0.4, -0.2) is 25.1 Å². The van der Waals surface area contributed by atoms with E-state index in [0.29, 0.717) is 17.1 Å². The second-order valence-electron chi connectivity index (χ2n) is 3.78. The zero-order chi connectivity index (χ0) is 13.2. The molecule has 2 heterocycles. The Labute approximate surface area is 107 Å². The van der Waals surface area contributed by atoms with E-state index in [-0.39, 0.29) is 17.5 Å². The van der Waals surface area contributed by atoms with Gasteiger partial charge in [0.15, 0.2) is 17.5 Å². The van der Waals surface area contributed by atoms with Crippen molar-refractivity contribution in [2.45, 2.75) is 0 Å². The van der Waals surface area contributed by atoms with E-state index in [2.05, 4.69) is 25.1 Å². The Balaban J connectivity index is 2.06. The Morgan fingerprint density at radius 3 is 2.68 bits per heavy atom. The number of H-pyrrole nitrogens is 1. The van der Waals surface area contributed by atoms with Gasteiger partial charge < -0.3 is 5.73 Å². The first-order chi connectivity index (χ1) is 9.25. The van der Waals surface area contributed by atoms with Gasteiger partial charge in [0.2, 0.25) is 0 Å². The van der Waals surface area contributed by atoms with Gasteiger partial charge in [-0.15, -0.1) is 0 Å². The minimum atomic E-state index is -0.389. The predicted octanol–water partition coefficient (Wildman–Crippen LogP) is 1.65. The van der Waals surface area contributed by atoms with Gasteiger partial charge in [-0.2, -0.15) is 5.10 Å². The maximum absolute atomic E-state index is 13.6. The number of aromatic amines is 1. The fourth-order valence-corrected chi connectivity index (χ4v) is 1.66. The number of nitrogens with two attached hydrogens (primary N) is 1. The molecule has 0 aliphatic heterocycles. The van der Waals surface area contributed by atoms with Gasteiger partial charge in [0.25, 0.3) is 0 Å². The van der Waals surface area contributed by atoms with E-state index in [4.69, 9.17) is 5.73 Å². The molecule has 3 N–H and O–H groups in total. The van der Waals surface area contributed by atoms with Gasteiger partial charge >= 0.3 is 0 Å². The first-order valence-electron chi connectivity index (χ1n) is 5.50. The van der Waals surface area contributed by atoms with Gasteiger partial charge in [0, 0.05) is 12.4 Å². The van der Waals surface area contributed by atoms with Gasteiger partial charge in [0.1, 0.15) is 11.5 Å². The normalized spacial score (nSPS) is 10.6. The summed E-state index contributed by atoms with van der Waals surface area (Å²) in [4.78, 5) is 12.2. The SMILES string of the molecule is Nc1nccnc1-c1nc(-c2ccccc2F)n[nH]1. The summed E-state index contributed by atoms with van der Waals surface area (Å²) in [6, 6.07) is 6.27. The largest absolute Gasteiger partial charge is 0.382 e. The molecule has 1 aromatic carbocycles. The maximum atomic E-state index is 13.6. The van der Waals surface area contributed by atoms with Crippen LogP contribution >= 0.6 is 0 Å². The van der Waals surface area contributed by atoms with E-state index in [0.717, 1.165) is 0 Å². The predicted molar refractivity (Wildman–Crippen MR) is 67.2 cm³/mol. The third kappa shape index (κ3) is 2.01. The van der Waals surface area contributed by atoms with Crippen molar-refractivity contribution in [3.63, 3.8) is 0 Å². The number of hydrogen-bond donors (Lipinski definition) is 2. The standard InChI is InChI=1S/C12H9FN6/c13-8-4-2-1-3-7(8)11-17-12(19-18-11)9-10(14)16-6-5-15-9/h1-6H,(H2,14,16)(H,17,18,19). The van der Waals surface area contributed by atoms with Crippen LogP contribution in [0, 0.1) is 5.82 Å². The highest BCUT2D eigenvalue weighted by atomic mass is 19.1. The summed E-state index contributed by atoms with van der Waals surface area (Å²) in [5.74, 6) is 0.445. The zero-order valence-corrected chi connectivity index (χ0v) is 9.71. The van der Waals surface area contributed by atoms with Gasteiger partial charge in [-0.3, -0.25) is 5.10 Å². The molecule has 0 unspecified atom stereocenters. The van der Waals surface area contributed by atoms with E-state index >= 15 is 0 Å². The number of hydrogen-bond acceptors (Lipinski definition) is 5. The third-order valence-corrected chi connectivity index (χ3v) is 2.55. The summed E-state index contributed by atoms with van der Waals surface area (Å²) in [5.41, 5.74) is 6.39. The van der Waals surface area contributed by atoms with Crippen LogP contribution in [0.4, 0.5) is 10.2 Å². The molecule has 0 atom stereocenters. The second kappa shape index (κ2) is 4.45. The Morgan fingerprint density at radius 2 is 1.89 bits per heavy atom. The Hall–Kier alpha value is -2.83. The Morgan fingerprint density at radius 1 is 1.11 bits per heavy atom. The summed E-state index contributed by atoms with van der Waals surface area (Å²) in [6.07, 6.45) is 2.98. The third-order valence-electron chi connectivity index (χ3n) is 2.55. The molecule has 0 saturated carbocycles. The van der Waals surface area contributed by atoms with Crippen LogP contribution in [-0.2, 0) is 0 Å². The molecule has 0 bridgehead atoms. The summed E-state index contributed by atoms with van der Waals surface area (Å²) in [6.45, 7) is 0. The highest BCUT2D eigenvalue weighted by Crippen LogP contribution is 2.22. The quantitative estimate of drug-likeness (QED) is 0.727. The Bertz CT molecular complexity index is 663. The number of halogens is 1. The van der Waals surface area contributed by atoms with Crippen LogP contribution in [0.1, 0.15) is 0 Å². The lowest BCUT2D eigenvalue weighted by atomic mass is 10.2. The van der Waals surface area contributed by atoms with E-state index in [9.17, 15) is 4.39 Å². The van der Waals surface area contributed by atoms with Crippen molar-refractivity contribution >= 4 is 5.82 Å². The number of aromatic nitrogens is 5. The number of rotatable bonds is 2. The zero-order valence-electron chi connectivity index (χ0n) is 9.71. The van der Waals surface area contributed by atoms with Crippen molar-refractivity contribution in [1.82, 2.24) is 25.1 Å². The molecule has 0 aliphatic carbocycles. The molecule has 3 aromatic rings. The highest BCUT2D eigenvalue weighted by molar-refractivity contribution is 5.65. The van der Waals surface area contributed by atoms with E-state index in [1.54, 1.807) is 18.2 Å². The molecule has 0 aliphatic rings. The van der Waals surface area contributed by atoms with Crippen molar-refractivity contribution in [3.8, 4) is 22.9 Å². The van der Waals surface area contributed by atoms with Crippen molar-refractivity contribution in [3.05, 3.63) is 42.5 Å². The average Bonchev–Trinajstić information content (AvgIpc) is 2.89. The molecular weight excluding hydrogens is 247 g/mol. The van der Waals surface area contributed by atoms with Crippen LogP contribution in [0.3, 0.4) is 0 Å². The summed E-state index contributed by atoms with van der Waals surface area (Å²) >= 11 is 0. The number of nitrogens with one attached hydrogen (secondary N) is 1. The molecule has 6 nitrogen and oxygen atoms in total. The summed E-state index contributed by atoms with van der Waals surface area (Å²) in [5, 5.41) is 6.64. The van der Waals surface area contributed by atoms with Crippen molar-refractivity contribution in [1.29, 1.82) is 0 Å². The smallest absolute Gasteiger partial charge is 0.184 e. The lowest BCUT2D eigenvalue weighted by Crippen LogP contribution is -1.97. The molecule has 2 aromatic heterocycles. The first kappa shape index (κ1) is 11.3. The number of anilines is 1. The molecule has 0 spiro atoms. The van der Waals surface area contributed by atoms with Crippen molar-refractivity contribution < 1.29 is 4.39 Å². The molecular formula is C12H9FN6. The average molecular weight is 256 g/mol. The Kier molecular flexibility index (Phi) is 2.64. The van der Waals surface area contributed by atoms with Crippen LogP contribution in [0.15, 0.2) is 36.7 Å². The first-order valence-corrected chi connectivity index (χ1v) is 5.50. The van der Waals surface area contributed by atoms with Gasteiger partial charge in [-0.05, 0) is 12.1 Å². The molecule has 19 heavy (non-hydrogen) atoms. The molecule has 94 valence electrons. The topological polar surface area (TPSA) is 93.4 Å². The number of nitrogen functional groups attached to an aromatic ring is 1. The fourth-order valence-electron chi connectivity index (χ4n) is 1.66.